The van der Waals surface area contributed by atoms with Gasteiger partial charge in [-0.05, 0) is 37.0 Å². The minimum atomic E-state index is -0.403. The second-order valence-corrected chi connectivity index (χ2v) is 5.73. The van der Waals surface area contributed by atoms with E-state index >= 15 is 0 Å². The Labute approximate surface area is 116 Å². The van der Waals surface area contributed by atoms with E-state index in [1.165, 1.54) is 31.6 Å². The van der Waals surface area contributed by atoms with Crippen molar-refractivity contribution < 1.29 is 18.8 Å². The number of rotatable bonds is 5. The van der Waals surface area contributed by atoms with Crippen molar-refractivity contribution in [3.8, 4) is 0 Å². The van der Waals surface area contributed by atoms with Gasteiger partial charge in [-0.2, -0.15) is 0 Å². The maximum Gasteiger partial charge on any atom is 0.306 e. The number of hydrogen-bond donors (Lipinski definition) is 1. The van der Waals surface area contributed by atoms with E-state index in [0.29, 0.717) is 24.1 Å². The Kier molecular flexibility index (Phi) is 3.71. The molecule has 3 rings (SSSR count). The average Bonchev–Trinajstić information content (AvgIpc) is 3.13. The summed E-state index contributed by atoms with van der Waals surface area (Å²) >= 11 is 0. The molecule has 2 fully saturated rings. The summed E-state index contributed by atoms with van der Waals surface area (Å²) < 4.78 is 9.60. The molecule has 1 heterocycles. The van der Waals surface area contributed by atoms with Gasteiger partial charge in [0.25, 0.3) is 5.91 Å². The molecule has 0 aliphatic heterocycles. The molecule has 0 unspecified atom stereocenters. The van der Waals surface area contributed by atoms with Crippen LogP contribution in [-0.4, -0.2) is 23.6 Å². The Morgan fingerprint density at radius 2 is 2.30 bits per heavy atom. The van der Waals surface area contributed by atoms with Crippen LogP contribution in [0.4, 0.5) is 5.82 Å². The Bertz CT molecular complexity index is 485. The molecule has 0 spiro atoms. The predicted octanol–water partition coefficient (Wildman–Crippen LogP) is 1.98. The third kappa shape index (κ3) is 3.00. The van der Waals surface area contributed by atoms with Crippen LogP contribution < -0.4 is 5.32 Å². The number of esters is 1. The fraction of sp³-hybridized carbons (Fsp3) is 0.643. The van der Waals surface area contributed by atoms with E-state index in [9.17, 15) is 9.59 Å². The van der Waals surface area contributed by atoms with Gasteiger partial charge in [0.1, 0.15) is 6.26 Å². The number of aromatic nitrogens is 1. The van der Waals surface area contributed by atoms with Gasteiger partial charge in [0.05, 0.1) is 0 Å². The van der Waals surface area contributed by atoms with E-state index in [1.807, 2.05) is 0 Å². The zero-order valence-corrected chi connectivity index (χ0v) is 11.2. The Morgan fingerprint density at radius 3 is 2.95 bits per heavy atom. The second kappa shape index (κ2) is 5.64. The Balaban J connectivity index is 1.38. The normalized spacial score (nSPS) is 27.5. The Hall–Kier alpha value is -1.85. The van der Waals surface area contributed by atoms with Crippen molar-refractivity contribution >= 4 is 17.7 Å². The van der Waals surface area contributed by atoms with E-state index in [-0.39, 0.29) is 12.6 Å². The number of nitrogens with one attached hydrogen (secondary N) is 1. The summed E-state index contributed by atoms with van der Waals surface area (Å²) in [5.41, 5.74) is 0. The Morgan fingerprint density at radius 1 is 1.40 bits per heavy atom. The van der Waals surface area contributed by atoms with Gasteiger partial charge in [0.2, 0.25) is 0 Å². The summed E-state index contributed by atoms with van der Waals surface area (Å²) in [6, 6.07) is 1.52. The van der Waals surface area contributed by atoms with Gasteiger partial charge >= 0.3 is 5.97 Å². The summed E-state index contributed by atoms with van der Waals surface area (Å²) in [4.78, 5) is 23.3. The van der Waals surface area contributed by atoms with Crippen LogP contribution in [0.25, 0.3) is 0 Å². The summed E-state index contributed by atoms with van der Waals surface area (Å²) in [5.74, 6) is 1.60. The highest BCUT2D eigenvalue weighted by atomic mass is 16.5. The lowest BCUT2D eigenvalue weighted by Gasteiger charge is -2.20. The largest absolute Gasteiger partial charge is 0.456 e. The maximum absolute atomic E-state index is 11.7. The molecule has 0 radical (unpaired) electrons. The molecular weight excluding hydrogens is 260 g/mol. The van der Waals surface area contributed by atoms with E-state index in [2.05, 4.69) is 15.0 Å². The van der Waals surface area contributed by atoms with Gasteiger partial charge in [0.15, 0.2) is 12.4 Å². The minimum Gasteiger partial charge on any atom is -0.456 e. The van der Waals surface area contributed by atoms with Crippen LogP contribution in [0.2, 0.25) is 0 Å². The summed E-state index contributed by atoms with van der Waals surface area (Å²) in [7, 11) is 0. The first kappa shape index (κ1) is 13.1. The smallest absolute Gasteiger partial charge is 0.306 e. The molecule has 0 saturated heterocycles. The van der Waals surface area contributed by atoms with E-state index in [4.69, 9.17) is 4.74 Å². The molecule has 108 valence electrons. The maximum atomic E-state index is 11.7. The second-order valence-electron chi connectivity index (χ2n) is 5.73. The van der Waals surface area contributed by atoms with Crippen LogP contribution in [0, 0.1) is 17.8 Å². The number of nitrogens with zero attached hydrogens (tertiary/aromatic N) is 1. The lowest BCUT2D eigenvalue weighted by molar-refractivity contribution is -0.148. The number of ether oxygens (including phenoxy) is 1. The van der Waals surface area contributed by atoms with Crippen molar-refractivity contribution in [2.75, 3.05) is 11.9 Å². The van der Waals surface area contributed by atoms with Crippen molar-refractivity contribution in [3.05, 3.63) is 12.3 Å². The van der Waals surface area contributed by atoms with E-state index < -0.39 is 5.91 Å². The monoisotopic (exact) mass is 278 g/mol. The third-order valence-corrected chi connectivity index (χ3v) is 4.38. The van der Waals surface area contributed by atoms with Crippen molar-refractivity contribution in [2.24, 2.45) is 17.8 Å². The molecule has 1 aromatic heterocycles. The predicted molar refractivity (Wildman–Crippen MR) is 69.6 cm³/mol. The molecule has 1 amide bonds. The van der Waals surface area contributed by atoms with Gasteiger partial charge in [-0.1, -0.05) is 11.6 Å². The minimum absolute atomic E-state index is 0.271. The number of carbonyl (C=O) groups excluding carboxylic acids is 2. The summed E-state index contributed by atoms with van der Waals surface area (Å²) in [6.45, 7) is -0.271. The van der Waals surface area contributed by atoms with Crippen LogP contribution in [0.15, 0.2) is 16.9 Å². The van der Waals surface area contributed by atoms with Crippen LogP contribution in [0.5, 0.6) is 0 Å². The highest BCUT2D eigenvalue weighted by molar-refractivity contribution is 5.91. The molecule has 6 heteroatoms. The summed E-state index contributed by atoms with van der Waals surface area (Å²) in [6.07, 6.45) is 6.77. The lowest BCUT2D eigenvalue weighted by Crippen LogP contribution is -2.23. The van der Waals surface area contributed by atoms with Crippen LogP contribution in [-0.2, 0) is 14.3 Å². The molecule has 0 aromatic carbocycles. The molecule has 6 nitrogen and oxygen atoms in total. The van der Waals surface area contributed by atoms with Gasteiger partial charge in [-0.3, -0.25) is 9.59 Å². The van der Waals surface area contributed by atoms with E-state index in [1.54, 1.807) is 0 Å². The molecule has 1 N–H and O–H groups in total. The van der Waals surface area contributed by atoms with Gasteiger partial charge in [0, 0.05) is 12.5 Å². The molecule has 1 aromatic rings. The topological polar surface area (TPSA) is 81.4 Å². The van der Waals surface area contributed by atoms with Crippen LogP contribution in [0.3, 0.4) is 0 Å². The van der Waals surface area contributed by atoms with Gasteiger partial charge in [-0.15, -0.1) is 0 Å². The first-order valence-electron chi connectivity index (χ1n) is 7.06. The molecule has 2 saturated carbocycles. The zero-order valence-electron chi connectivity index (χ0n) is 11.2. The first-order chi connectivity index (χ1) is 9.70. The van der Waals surface area contributed by atoms with E-state index in [0.717, 1.165) is 12.3 Å². The number of fused-ring (bicyclic) bond motifs is 2. The van der Waals surface area contributed by atoms with Crippen molar-refractivity contribution in [1.29, 1.82) is 0 Å². The van der Waals surface area contributed by atoms with Gasteiger partial charge in [-0.25, -0.2) is 0 Å². The molecule has 2 bridgehead atoms. The number of anilines is 1. The summed E-state index contributed by atoms with van der Waals surface area (Å²) in [5, 5.41) is 6.02. The van der Waals surface area contributed by atoms with Crippen LogP contribution in [0.1, 0.15) is 32.1 Å². The average molecular weight is 278 g/mol. The fourth-order valence-corrected chi connectivity index (χ4v) is 3.50. The van der Waals surface area contributed by atoms with Crippen LogP contribution >= 0.6 is 0 Å². The number of hydrogen-bond acceptors (Lipinski definition) is 5. The standard InChI is InChI=1S/C14H18N2O4/c17-13(15-12-3-4-20-16-12)8-19-14(18)7-11-6-9-1-2-10(11)5-9/h3-4,9-11H,1-2,5-8H2,(H,15,16,17)/t9-,10-,11+/m0/s1. The first-order valence-corrected chi connectivity index (χ1v) is 7.06. The lowest BCUT2D eigenvalue weighted by atomic mass is 9.86. The fourth-order valence-electron chi connectivity index (χ4n) is 3.50. The van der Waals surface area contributed by atoms with Crippen molar-refractivity contribution in [1.82, 2.24) is 5.16 Å². The molecular formula is C14H18N2O4. The molecule has 3 atom stereocenters. The van der Waals surface area contributed by atoms with Gasteiger partial charge < -0.3 is 14.6 Å². The highest BCUT2D eigenvalue weighted by Gasteiger charge is 2.40. The zero-order chi connectivity index (χ0) is 13.9. The SMILES string of the molecule is O=C(COC(=O)C[C@H]1C[C@H]2CC[C@H]1C2)Nc1ccon1. The third-order valence-electron chi connectivity index (χ3n) is 4.38. The molecule has 20 heavy (non-hydrogen) atoms. The van der Waals surface area contributed by atoms with Crippen molar-refractivity contribution in [3.63, 3.8) is 0 Å². The van der Waals surface area contributed by atoms with Crippen molar-refractivity contribution in [2.45, 2.75) is 32.1 Å². The number of amides is 1. The molecule has 2 aliphatic carbocycles. The number of carbonyl (C=O) groups is 2. The molecule has 2 aliphatic rings. The quantitative estimate of drug-likeness (QED) is 0.833. The highest BCUT2D eigenvalue weighted by Crippen LogP contribution is 2.49.